The third-order valence-corrected chi connectivity index (χ3v) is 4.67. The van der Waals surface area contributed by atoms with Gasteiger partial charge in [-0.2, -0.15) is 4.98 Å². The first kappa shape index (κ1) is 13.5. The van der Waals surface area contributed by atoms with Gasteiger partial charge in [0.1, 0.15) is 5.65 Å². The van der Waals surface area contributed by atoms with E-state index < -0.39 is 0 Å². The van der Waals surface area contributed by atoms with Gasteiger partial charge in [0, 0.05) is 59.7 Å². The van der Waals surface area contributed by atoms with Gasteiger partial charge in [-0.3, -0.25) is 4.40 Å². The molecule has 0 spiro atoms. The first-order valence-electron chi connectivity index (χ1n) is 8.18. The molecular weight excluding hydrogens is 302 g/mol. The molecule has 1 fully saturated rings. The highest BCUT2D eigenvalue weighted by Gasteiger charge is 2.28. The molecule has 1 atom stereocenters. The first-order chi connectivity index (χ1) is 11.8. The van der Waals surface area contributed by atoms with Crippen molar-refractivity contribution in [3.05, 3.63) is 37.2 Å². The molecule has 0 radical (unpaired) electrons. The summed E-state index contributed by atoms with van der Waals surface area (Å²) in [5.74, 6) is 2.13. The average molecular weight is 319 g/mol. The van der Waals surface area contributed by atoms with Gasteiger partial charge in [-0.05, 0) is 25.7 Å². The molecule has 0 aromatic carbocycles. The largest absolute Gasteiger partial charge is 0.351 e. The van der Waals surface area contributed by atoms with E-state index in [4.69, 9.17) is 0 Å². The number of imidazole rings is 1. The molecule has 7 heteroatoms. The summed E-state index contributed by atoms with van der Waals surface area (Å²) in [7, 11) is 0. The van der Waals surface area contributed by atoms with Crippen LogP contribution in [-0.2, 0) is 0 Å². The topological polar surface area (TPSA) is 83.8 Å². The third-order valence-electron chi connectivity index (χ3n) is 4.67. The summed E-state index contributed by atoms with van der Waals surface area (Å²) in [6, 6.07) is 0.421. The lowest BCUT2D eigenvalue weighted by Crippen LogP contribution is -2.18. The van der Waals surface area contributed by atoms with Crippen molar-refractivity contribution in [3.63, 3.8) is 0 Å². The van der Waals surface area contributed by atoms with Crippen molar-refractivity contribution in [3.8, 4) is 11.1 Å². The fourth-order valence-electron chi connectivity index (χ4n) is 3.09. The molecule has 1 saturated carbocycles. The molecule has 4 heterocycles. The van der Waals surface area contributed by atoms with Crippen molar-refractivity contribution >= 4 is 22.8 Å². The van der Waals surface area contributed by atoms with Crippen molar-refractivity contribution in [2.45, 2.75) is 25.8 Å². The van der Waals surface area contributed by atoms with Crippen LogP contribution in [0, 0.1) is 5.92 Å². The van der Waals surface area contributed by atoms with E-state index in [1.54, 1.807) is 6.20 Å². The number of H-pyrrole nitrogens is 1. The van der Waals surface area contributed by atoms with Crippen LogP contribution in [0.4, 0.5) is 5.95 Å². The minimum Gasteiger partial charge on any atom is -0.351 e. The summed E-state index contributed by atoms with van der Waals surface area (Å²) >= 11 is 0. The van der Waals surface area contributed by atoms with Crippen molar-refractivity contribution in [1.29, 1.82) is 0 Å². The number of hydrogen-bond donors (Lipinski definition) is 2. The summed E-state index contributed by atoms with van der Waals surface area (Å²) in [4.78, 5) is 20.9. The number of nitrogens with one attached hydrogen (secondary N) is 2. The molecule has 0 bridgehead atoms. The number of fused-ring (bicyclic) bond motifs is 2. The lowest BCUT2D eigenvalue weighted by molar-refractivity contribution is 0.687. The molecule has 2 N–H and O–H groups in total. The van der Waals surface area contributed by atoms with E-state index in [1.165, 1.54) is 12.8 Å². The van der Waals surface area contributed by atoms with Crippen molar-refractivity contribution in [2.24, 2.45) is 5.92 Å². The van der Waals surface area contributed by atoms with Crippen LogP contribution in [-0.4, -0.2) is 35.4 Å². The highest BCUT2D eigenvalue weighted by molar-refractivity contribution is 5.93. The number of rotatable bonds is 4. The van der Waals surface area contributed by atoms with Crippen LogP contribution in [0.5, 0.6) is 0 Å². The normalized spacial score (nSPS) is 15.9. The van der Waals surface area contributed by atoms with Crippen LogP contribution in [0.1, 0.15) is 19.8 Å². The molecule has 7 nitrogen and oxygen atoms in total. The molecular formula is C17H17N7. The second kappa shape index (κ2) is 5.02. The Kier molecular flexibility index (Phi) is 2.82. The molecule has 1 unspecified atom stereocenters. The zero-order valence-corrected chi connectivity index (χ0v) is 13.3. The second-order valence-corrected chi connectivity index (χ2v) is 6.41. The first-order valence-corrected chi connectivity index (χ1v) is 8.18. The molecule has 4 aromatic rings. The Balaban J connectivity index is 1.52. The zero-order valence-electron chi connectivity index (χ0n) is 13.3. The fraction of sp³-hybridized carbons (Fsp3) is 0.294. The Bertz CT molecular complexity index is 1030. The lowest BCUT2D eigenvalue weighted by Gasteiger charge is -2.12. The van der Waals surface area contributed by atoms with Gasteiger partial charge in [-0.15, -0.1) is 0 Å². The van der Waals surface area contributed by atoms with Crippen LogP contribution < -0.4 is 5.32 Å². The van der Waals surface area contributed by atoms with Gasteiger partial charge in [0.25, 0.3) is 0 Å². The quantitative estimate of drug-likeness (QED) is 0.604. The molecule has 1 aliphatic carbocycles. The molecule has 1 aliphatic rings. The zero-order chi connectivity index (χ0) is 16.1. The smallest absolute Gasteiger partial charge is 0.233 e. The Morgan fingerprint density at radius 3 is 3.04 bits per heavy atom. The summed E-state index contributed by atoms with van der Waals surface area (Å²) in [6.07, 6.45) is 13.9. The molecule has 0 saturated heterocycles. The van der Waals surface area contributed by atoms with Gasteiger partial charge in [-0.25, -0.2) is 15.0 Å². The molecule has 24 heavy (non-hydrogen) atoms. The van der Waals surface area contributed by atoms with Gasteiger partial charge >= 0.3 is 0 Å². The third kappa shape index (κ3) is 2.20. The maximum Gasteiger partial charge on any atom is 0.233 e. The predicted octanol–water partition coefficient (Wildman–Crippen LogP) is 2.88. The van der Waals surface area contributed by atoms with Crippen molar-refractivity contribution in [2.75, 3.05) is 5.32 Å². The van der Waals surface area contributed by atoms with Crippen LogP contribution in [0.3, 0.4) is 0 Å². The second-order valence-electron chi connectivity index (χ2n) is 6.41. The van der Waals surface area contributed by atoms with Crippen LogP contribution in [0.2, 0.25) is 0 Å². The van der Waals surface area contributed by atoms with Gasteiger partial charge in [0.15, 0.2) is 0 Å². The van der Waals surface area contributed by atoms with Crippen LogP contribution in [0.25, 0.3) is 27.9 Å². The van der Waals surface area contributed by atoms with Crippen molar-refractivity contribution in [1.82, 2.24) is 29.3 Å². The Morgan fingerprint density at radius 1 is 1.25 bits per heavy atom. The van der Waals surface area contributed by atoms with Gasteiger partial charge in [0.05, 0.1) is 0 Å². The molecule has 0 amide bonds. The SMILES string of the molecule is CC(Nc1ncc2c(-c3cnc4nccn4c3)c[nH]c2n1)C1CC1. The minimum absolute atomic E-state index is 0.421. The highest BCUT2D eigenvalue weighted by Crippen LogP contribution is 2.34. The van der Waals surface area contributed by atoms with Crippen LogP contribution in [0.15, 0.2) is 37.2 Å². The molecule has 5 rings (SSSR count). The van der Waals surface area contributed by atoms with E-state index in [1.807, 2.05) is 35.4 Å². The van der Waals surface area contributed by atoms with Crippen molar-refractivity contribution < 1.29 is 0 Å². The maximum atomic E-state index is 4.61. The highest BCUT2D eigenvalue weighted by atomic mass is 15.1. The Morgan fingerprint density at radius 2 is 2.17 bits per heavy atom. The number of nitrogens with zero attached hydrogens (tertiary/aromatic N) is 5. The van der Waals surface area contributed by atoms with Gasteiger partial charge in [0.2, 0.25) is 11.7 Å². The predicted molar refractivity (Wildman–Crippen MR) is 91.7 cm³/mol. The molecule has 4 aromatic heterocycles. The number of hydrogen-bond acceptors (Lipinski definition) is 5. The van der Waals surface area contributed by atoms with E-state index in [0.717, 1.165) is 28.1 Å². The van der Waals surface area contributed by atoms with E-state index in [-0.39, 0.29) is 0 Å². The van der Waals surface area contributed by atoms with E-state index in [0.29, 0.717) is 17.8 Å². The van der Waals surface area contributed by atoms with Gasteiger partial charge in [-0.1, -0.05) is 0 Å². The molecule has 0 aliphatic heterocycles. The number of anilines is 1. The summed E-state index contributed by atoms with van der Waals surface area (Å²) in [6.45, 7) is 2.19. The standard InChI is InChI=1S/C17H17N7/c1-10(11-2-3-11)22-16-20-8-14-13(7-19-15(14)23-16)12-6-21-17-18-4-5-24(17)9-12/h4-11H,2-3H2,1H3,(H2,19,20,22,23). The number of aromatic nitrogens is 6. The maximum absolute atomic E-state index is 4.61. The van der Waals surface area contributed by atoms with Gasteiger partial charge < -0.3 is 10.3 Å². The van der Waals surface area contributed by atoms with E-state index >= 15 is 0 Å². The Labute approximate surface area is 138 Å². The number of aromatic amines is 1. The summed E-state index contributed by atoms with van der Waals surface area (Å²) < 4.78 is 1.91. The summed E-state index contributed by atoms with van der Waals surface area (Å²) in [5, 5.41) is 4.39. The van der Waals surface area contributed by atoms with E-state index in [2.05, 4.69) is 37.2 Å². The average Bonchev–Trinajstić information content (AvgIpc) is 3.20. The van der Waals surface area contributed by atoms with Crippen LogP contribution >= 0.6 is 0 Å². The lowest BCUT2D eigenvalue weighted by atomic mass is 10.1. The Hall–Kier alpha value is -2.96. The molecule has 120 valence electrons. The fourth-order valence-corrected chi connectivity index (χ4v) is 3.09. The monoisotopic (exact) mass is 319 g/mol. The minimum atomic E-state index is 0.421. The van der Waals surface area contributed by atoms with E-state index in [9.17, 15) is 0 Å². The summed E-state index contributed by atoms with van der Waals surface area (Å²) in [5.41, 5.74) is 2.87.